The number of aliphatic hydroxyl groups is 1. The van der Waals surface area contributed by atoms with Crippen molar-refractivity contribution in [3.8, 4) is 0 Å². The van der Waals surface area contributed by atoms with Crippen LogP contribution in [0.5, 0.6) is 0 Å². The molecule has 2 aliphatic rings. The van der Waals surface area contributed by atoms with Crippen molar-refractivity contribution in [2.75, 3.05) is 13.2 Å². The molecule has 4 atom stereocenters. The Morgan fingerprint density at radius 3 is 2.40 bits per heavy atom. The van der Waals surface area contributed by atoms with Gasteiger partial charge in [0.1, 0.15) is 11.6 Å². The first-order chi connectivity index (χ1) is 22.5. The number of alkyl carbamates (subject to hydrolysis) is 1. The first kappa shape index (κ1) is 34.7. The number of rotatable bonds is 12. The SMILES string of the molecule is CC(C)(c1cccc(Cl)c1)C(OC(=O)N[C@](C)(CC1CCCCC1)C(=O)N[C@H](CO)C[C@@H]1CCNC1=O)c1ccc2ccccc2c1. The Morgan fingerprint density at radius 2 is 1.72 bits per heavy atom. The lowest BCUT2D eigenvalue weighted by molar-refractivity contribution is -0.130. The molecule has 3 aromatic carbocycles. The molecule has 1 unspecified atom stereocenters. The van der Waals surface area contributed by atoms with E-state index in [2.05, 4.69) is 16.0 Å². The lowest BCUT2D eigenvalue weighted by atomic mass is 9.76. The number of amides is 3. The number of aliphatic hydroxyl groups excluding tert-OH is 1. The van der Waals surface area contributed by atoms with Gasteiger partial charge in [-0.3, -0.25) is 9.59 Å². The maximum Gasteiger partial charge on any atom is 0.408 e. The number of hydrogen-bond acceptors (Lipinski definition) is 5. The highest BCUT2D eigenvalue weighted by atomic mass is 35.5. The molecule has 2 fully saturated rings. The van der Waals surface area contributed by atoms with Crippen LogP contribution in [0.25, 0.3) is 10.8 Å². The van der Waals surface area contributed by atoms with Gasteiger partial charge >= 0.3 is 6.09 Å². The number of carbonyl (C=O) groups excluding carboxylic acids is 3. The Morgan fingerprint density at radius 1 is 0.979 bits per heavy atom. The maximum absolute atomic E-state index is 14.0. The van der Waals surface area contributed by atoms with E-state index in [0.717, 1.165) is 54.0 Å². The van der Waals surface area contributed by atoms with Gasteiger partial charge in [-0.15, -0.1) is 0 Å². The first-order valence-electron chi connectivity index (χ1n) is 16.9. The normalized spacial score (nSPS) is 19.8. The highest BCUT2D eigenvalue weighted by Crippen LogP contribution is 2.41. The van der Waals surface area contributed by atoms with Crippen LogP contribution in [-0.2, 0) is 19.7 Å². The minimum Gasteiger partial charge on any atom is -0.440 e. The molecule has 5 rings (SSSR count). The Kier molecular flexibility index (Phi) is 11.1. The van der Waals surface area contributed by atoms with Crippen molar-refractivity contribution in [2.45, 2.75) is 95.2 Å². The maximum atomic E-state index is 14.0. The predicted octanol–water partition coefficient (Wildman–Crippen LogP) is 6.97. The second-order valence-corrected chi connectivity index (χ2v) is 14.6. The molecule has 1 aliphatic carbocycles. The average Bonchev–Trinajstić information content (AvgIpc) is 3.47. The molecule has 0 spiro atoms. The summed E-state index contributed by atoms with van der Waals surface area (Å²) in [5, 5.41) is 21.6. The quantitative estimate of drug-likeness (QED) is 0.167. The van der Waals surface area contributed by atoms with E-state index < -0.39 is 35.1 Å². The van der Waals surface area contributed by atoms with Crippen molar-refractivity contribution in [2.24, 2.45) is 11.8 Å². The molecule has 9 heteroatoms. The second-order valence-electron chi connectivity index (χ2n) is 14.2. The molecule has 8 nitrogen and oxygen atoms in total. The molecule has 0 radical (unpaired) electrons. The summed E-state index contributed by atoms with van der Waals surface area (Å²) in [6.07, 6.45) is 5.29. The average molecular weight is 662 g/mol. The molecule has 1 heterocycles. The van der Waals surface area contributed by atoms with Crippen LogP contribution in [0.4, 0.5) is 4.79 Å². The molecule has 4 N–H and O–H groups in total. The fourth-order valence-corrected chi connectivity index (χ4v) is 7.50. The Balaban J connectivity index is 1.42. The molecule has 3 aromatic rings. The number of nitrogens with one attached hydrogen (secondary N) is 3. The van der Waals surface area contributed by atoms with Gasteiger partial charge in [-0.2, -0.15) is 0 Å². The standard InChI is InChI=1S/C38H48ClN3O5/c1-37(2,30-14-9-15-31(39)22-30)33(28-17-16-26-12-7-8-13-27(26)20-28)47-36(46)42-38(3,23-25-10-5-4-6-11-25)35(45)41-32(24-43)21-29-18-19-40-34(29)44/h7-9,12-17,20,22,25,29,32-33,43H,4-6,10-11,18-19,21,23-24H2,1-3H3,(H,40,44)(H,41,45)(H,42,46)/t29-,32-,33?,38+/m0/s1. The van der Waals surface area contributed by atoms with E-state index in [9.17, 15) is 19.5 Å². The van der Waals surface area contributed by atoms with Crippen molar-refractivity contribution >= 4 is 40.3 Å². The van der Waals surface area contributed by atoms with Gasteiger partial charge in [-0.1, -0.05) is 106 Å². The number of halogens is 1. The highest BCUT2D eigenvalue weighted by molar-refractivity contribution is 6.30. The van der Waals surface area contributed by atoms with E-state index in [1.165, 1.54) is 0 Å². The van der Waals surface area contributed by atoms with Crippen LogP contribution >= 0.6 is 11.6 Å². The molecule has 1 saturated carbocycles. The van der Waals surface area contributed by atoms with E-state index in [-0.39, 0.29) is 24.3 Å². The summed E-state index contributed by atoms with van der Waals surface area (Å²) in [5.74, 6) is -0.473. The number of benzene rings is 3. The van der Waals surface area contributed by atoms with Gasteiger partial charge in [-0.05, 0) is 72.2 Å². The van der Waals surface area contributed by atoms with Gasteiger partial charge in [-0.25, -0.2) is 4.79 Å². The molecule has 1 aliphatic heterocycles. The first-order valence-corrected chi connectivity index (χ1v) is 17.3. The number of fused-ring (bicyclic) bond motifs is 1. The van der Waals surface area contributed by atoms with Crippen LogP contribution in [0, 0.1) is 11.8 Å². The second kappa shape index (κ2) is 15.1. The van der Waals surface area contributed by atoms with E-state index in [0.29, 0.717) is 30.8 Å². The minimum atomic E-state index is -1.31. The van der Waals surface area contributed by atoms with Crippen LogP contribution in [0.15, 0.2) is 66.7 Å². The fraction of sp³-hybridized carbons (Fsp3) is 0.500. The molecule has 252 valence electrons. The summed E-state index contributed by atoms with van der Waals surface area (Å²) in [5.41, 5.74) is -0.285. The van der Waals surface area contributed by atoms with Crippen molar-refractivity contribution in [3.63, 3.8) is 0 Å². The largest absolute Gasteiger partial charge is 0.440 e. The van der Waals surface area contributed by atoms with Crippen molar-refractivity contribution < 1.29 is 24.2 Å². The smallest absolute Gasteiger partial charge is 0.408 e. The molecule has 47 heavy (non-hydrogen) atoms. The summed E-state index contributed by atoms with van der Waals surface area (Å²) >= 11 is 6.41. The van der Waals surface area contributed by atoms with Gasteiger partial charge in [0.15, 0.2) is 0 Å². The van der Waals surface area contributed by atoms with Crippen molar-refractivity contribution in [1.29, 1.82) is 0 Å². The van der Waals surface area contributed by atoms with Gasteiger partial charge in [0.2, 0.25) is 11.8 Å². The van der Waals surface area contributed by atoms with Gasteiger partial charge in [0.05, 0.1) is 12.6 Å². The zero-order valence-electron chi connectivity index (χ0n) is 27.7. The number of carbonyl (C=O) groups is 3. The van der Waals surface area contributed by atoms with E-state index in [1.807, 2.05) is 80.6 Å². The van der Waals surface area contributed by atoms with Crippen LogP contribution in [-0.4, -0.2) is 47.7 Å². The molecule has 3 amide bonds. The summed E-state index contributed by atoms with van der Waals surface area (Å²) in [4.78, 5) is 40.3. The van der Waals surface area contributed by atoms with E-state index in [4.69, 9.17) is 16.3 Å². The van der Waals surface area contributed by atoms with E-state index >= 15 is 0 Å². The lowest BCUT2D eigenvalue weighted by Gasteiger charge is -2.38. The zero-order valence-corrected chi connectivity index (χ0v) is 28.4. The molecule has 1 saturated heterocycles. The minimum absolute atomic E-state index is 0.0635. The topological polar surface area (TPSA) is 117 Å². The monoisotopic (exact) mass is 661 g/mol. The molecular weight excluding hydrogens is 614 g/mol. The van der Waals surface area contributed by atoms with Crippen LogP contribution < -0.4 is 16.0 Å². The number of ether oxygens (including phenoxy) is 1. The van der Waals surface area contributed by atoms with Gasteiger partial charge in [0, 0.05) is 22.9 Å². The summed E-state index contributed by atoms with van der Waals surface area (Å²) in [7, 11) is 0. The third-order valence-corrected chi connectivity index (χ3v) is 10.3. The fourth-order valence-electron chi connectivity index (χ4n) is 7.31. The summed E-state index contributed by atoms with van der Waals surface area (Å²) in [6, 6.07) is 21.0. The van der Waals surface area contributed by atoms with Crippen molar-refractivity contribution in [3.05, 3.63) is 82.9 Å². The molecular formula is C38H48ClN3O5. The van der Waals surface area contributed by atoms with Crippen molar-refractivity contribution in [1.82, 2.24) is 16.0 Å². The third-order valence-electron chi connectivity index (χ3n) is 10.1. The third kappa shape index (κ3) is 8.46. The number of hydrogen-bond donors (Lipinski definition) is 4. The predicted molar refractivity (Wildman–Crippen MR) is 185 cm³/mol. The van der Waals surface area contributed by atoms with Gasteiger partial charge < -0.3 is 25.8 Å². The Labute approximate surface area is 283 Å². The van der Waals surface area contributed by atoms with E-state index in [1.54, 1.807) is 6.92 Å². The zero-order chi connectivity index (χ0) is 33.6. The summed E-state index contributed by atoms with van der Waals surface area (Å²) in [6.45, 7) is 6.06. The summed E-state index contributed by atoms with van der Waals surface area (Å²) < 4.78 is 6.36. The Hall–Kier alpha value is -3.62. The van der Waals surface area contributed by atoms with Gasteiger partial charge in [0.25, 0.3) is 0 Å². The Bertz CT molecular complexity index is 1570. The molecule has 0 bridgehead atoms. The van der Waals surface area contributed by atoms with Crippen LogP contribution in [0.2, 0.25) is 5.02 Å². The van der Waals surface area contributed by atoms with Crippen LogP contribution in [0.3, 0.4) is 0 Å². The van der Waals surface area contributed by atoms with Crippen LogP contribution in [0.1, 0.15) is 89.4 Å². The lowest BCUT2D eigenvalue weighted by Crippen LogP contribution is -2.60. The molecule has 0 aromatic heterocycles. The highest BCUT2D eigenvalue weighted by Gasteiger charge is 2.42.